The summed E-state index contributed by atoms with van der Waals surface area (Å²) >= 11 is 0. The maximum atomic E-state index is 13.3. The Kier molecular flexibility index (Phi) is 5.87. The highest BCUT2D eigenvalue weighted by Crippen LogP contribution is 2.34. The molecule has 0 bridgehead atoms. The summed E-state index contributed by atoms with van der Waals surface area (Å²) in [6.45, 7) is 0.500. The van der Waals surface area contributed by atoms with E-state index >= 15 is 0 Å². The molecule has 0 atom stereocenters. The molecule has 1 fully saturated rings. The summed E-state index contributed by atoms with van der Waals surface area (Å²) in [5.74, 6) is 0. The quantitative estimate of drug-likeness (QED) is 0.593. The largest absolute Gasteiger partial charge is 0.423 e. The summed E-state index contributed by atoms with van der Waals surface area (Å²) in [4.78, 5) is 11.6. The minimum atomic E-state index is -4.70. The molecule has 1 N–H and O–H groups in total. The lowest BCUT2D eigenvalue weighted by Crippen LogP contribution is -2.39. The number of nitrogens with zero attached hydrogens (tertiary/aromatic N) is 1. The second-order valence-electron chi connectivity index (χ2n) is 7.76. The Balaban J connectivity index is 1.58. The fourth-order valence-corrected chi connectivity index (χ4v) is 5.27. The summed E-state index contributed by atoms with van der Waals surface area (Å²) in [5, 5.41) is 9.37. The van der Waals surface area contributed by atoms with Gasteiger partial charge in [-0.2, -0.15) is 17.5 Å². The number of piperidine rings is 1. The smallest absolute Gasteiger partial charge is 0.417 e. The monoisotopic (exact) mass is 467 g/mol. The van der Waals surface area contributed by atoms with E-state index in [4.69, 9.17) is 4.42 Å². The Hall–Kier alpha value is -2.69. The van der Waals surface area contributed by atoms with Crippen molar-refractivity contribution >= 4 is 21.0 Å². The Morgan fingerprint density at radius 3 is 2.25 bits per heavy atom. The molecule has 170 valence electrons. The molecule has 2 heterocycles. The highest BCUT2D eigenvalue weighted by Gasteiger charge is 2.34. The fraction of sp³-hybridized carbons (Fsp3) is 0.318. The third kappa shape index (κ3) is 4.57. The molecular formula is C22H20F3NO5S. The van der Waals surface area contributed by atoms with Crippen molar-refractivity contribution in [2.24, 2.45) is 0 Å². The average Bonchev–Trinajstić information content (AvgIpc) is 2.73. The van der Waals surface area contributed by atoms with Gasteiger partial charge in [0.25, 0.3) is 0 Å². The molecular weight excluding hydrogens is 447 g/mol. The predicted octanol–water partition coefficient (Wildman–Crippen LogP) is 3.55. The molecule has 2 aromatic carbocycles. The Morgan fingerprint density at radius 2 is 1.62 bits per heavy atom. The minimum absolute atomic E-state index is 0.122. The van der Waals surface area contributed by atoms with E-state index in [1.165, 1.54) is 28.6 Å². The zero-order chi connectivity index (χ0) is 23.1. The zero-order valence-electron chi connectivity index (χ0n) is 16.8. The number of rotatable bonds is 4. The lowest BCUT2D eigenvalue weighted by molar-refractivity contribution is -0.136. The number of sulfonamides is 1. The van der Waals surface area contributed by atoms with Gasteiger partial charge in [-0.25, -0.2) is 13.2 Å². The molecule has 1 aliphatic heterocycles. The molecule has 1 aromatic heterocycles. The van der Waals surface area contributed by atoms with Crippen molar-refractivity contribution in [3.63, 3.8) is 0 Å². The fourth-order valence-electron chi connectivity index (χ4n) is 3.80. The van der Waals surface area contributed by atoms with E-state index in [2.05, 4.69) is 0 Å². The predicted molar refractivity (Wildman–Crippen MR) is 111 cm³/mol. The van der Waals surface area contributed by atoms with E-state index in [1.807, 2.05) is 0 Å². The summed E-state index contributed by atoms with van der Waals surface area (Å²) in [6, 6.07) is 10.8. The van der Waals surface area contributed by atoms with Gasteiger partial charge in [-0.1, -0.05) is 18.2 Å². The second-order valence-corrected chi connectivity index (χ2v) is 9.70. The van der Waals surface area contributed by atoms with Crippen LogP contribution in [-0.2, 0) is 22.6 Å². The second kappa shape index (κ2) is 8.34. The van der Waals surface area contributed by atoms with E-state index < -0.39 is 33.5 Å². The van der Waals surface area contributed by atoms with Gasteiger partial charge in [-0.3, -0.25) is 0 Å². The number of benzene rings is 2. The molecule has 1 aliphatic rings. The molecule has 0 spiro atoms. The van der Waals surface area contributed by atoms with Crippen LogP contribution in [0.25, 0.3) is 11.0 Å². The maximum absolute atomic E-state index is 13.3. The molecule has 0 aliphatic carbocycles. The summed E-state index contributed by atoms with van der Waals surface area (Å²) in [7, 11) is -3.67. The molecule has 10 heteroatoms. The van der Waals surface area contributed by atoms with E-state index in [1.54, 1.807) is 18.2 Å². The molecule has 0 unspecified atom stereocenters. The van der Waals surface area contributed by atoms with Crippen LogP contribution in [-0.4, -0.2) is 37.0 Å². The van der Waals surface area contributed by atoms with Crippen molar-refractivity contribution in [1.82, 2.24) is 4.31 Å². The van der Waals surface area contributed by atoms with E-state index in [0.29, 0.717) is 30.0 Å². The van der Waals surface area contributed by atoms with Crippen LogP contribution in [0, 0.1) is 0 Å². The molecule has 3 aromatic rings. The van der Waals surface area contributed by atoms with Gasteiger partial charge >= 0.3 is 11.8 Å². The van der Waals surface area contributed by atoms with Crippen molar-refractivity contribution in [3.05, 3.63) is 75.6 Å². The Labute approximate surface area is 181 Å². The topological polar surface area (TPSA) is 87.8 Å². The lowest BCUT2D eigenvalue weighted by Gasteiger charge is -2.28. The number of halogens is 3. The number of hydrogen-bond donors (Lipinski definition) is 1. The third-order valence-corrected chi connectivity index (χ3v) is 7.42. The van der Waals surface area contributed by atoms with Gasteiger partial charge in [0.05, 0.1) is 16.6 Å². The molecule has 0 amide bonds. The molecule has 0 saturated carbocycles. The molecule has 4 rings (SSSR count). The summed E-state index contributed by atoms with van der Waals surface area (Å²) in [5.41, 5.74) is -1.02. The number of alkyl halides is 3. The third-order valence-electron chi connectivity index (χ3n) is 5.51. The van der Waals surface area contributed by atoms with Crippen LogP contribution in [0.3, 0.4) is 0 Å². The minimum Gasteiger partial charge on any atom is -0.423 e. The van der Waals surface area contributed by atoms with Crippen molar-refractivity contribution in [1.29, 1.82) is 0 Å². The summed E-state index contributed by atoms with van der Waals surface area (Å²) in [6.07, 6.45) is -4.15. The lowest BCUT2D eigenvalue weighted by atomic mass is 10.0. The highest BCUT2D eigenvalue weighted by molar-refractivity contribution is 7.89. The molecule has 1 saturated heterocycles. The Bertz CT molecular complexity index is 1290. The number of aliphatic hydroxyl groups is 1. The van der Waals surface area contributed by atoms with Crippen LogP contribution >= 0.6 is 0 Å². The molecule has 32 heavy (non-hydrogen) atoms. The van der Waals surface area contributed by atoms with Gasteiger partial charge in [0.2, 0.25) is 10.0 Å². The first-order chi connectivity index (χ1) is 15.0. The number of aliphatic hydroxyl groups excluding tert-OH is 1. The van der Waals surface area contributed by atoms with Crippen LogP contribution in [0.4, 0.5) is 13.2 Å². The first-order valence-corrected chi connectivity index (χ1v) is 11.4. The Morgan fingerprint density at radius 1 is 1.00 bits per heavy atom. The molecule has 0 radical (unpaired) electrons. The van der Waals surface area contributed by atoms with E-state index in [0.717, 1.165) is 0 Å². The zero-order valence-corrected chi connectivity index (χ0v) is 17.6. The first kappa shape index (κ1) is 22.5. The van der Waals surface area contributed by atoms with Crippen LogP contribution in [0.1, 0.15) is 29.5 Å². The van der Waals surface area contributed by atoms with Crippen molar-refractivity contribution in [3.8, 4) is 0 Å². The maximum Gasteiger partial charge on any atom is 0.417 e. The number of fused-ring (bicyclic) bond motifs is 1. The van der Waals surface area contributed by atoms with Gasteiger partial charge in [0, 0.05) is 24.5 Å². The summed E-state index contributed by atoms with van der Waals surface area (Å²) < 4.78 is 71.8. The van der Waals surface area contributed by atoms with E-state index in [9.17, 15) is 31.5 Å². The van der Waals surface area contributed by atoms with Gasteiger partial charge in [-0.15, -0.1) is 0 Å². The number of hydrogen-bond acceptors (Lipinski definition) is 5. The first-order valence-electron chi connectivity index (χ1n) is 9.95. The van der Waals surface area contributed by atoms with Gasteiger partial charge in [0.15, 0.2) is 0 Å². The van der Waals surface area contributed by atoms with Gasteiger partial charge < -0.3 is 9.52 Å². The average molecular weight is 467 g/mol. The van der Waals surface area contributed by atoms with E-state index in [-0.39, 0.29) is 35.4 Å². The van der Waals surface area contributed by atoms with Crippen LogP contribution in [0.15, 0.2) is 62.6 Å². The van der Waals surface area contributed by atoms with Gasteiger partial charge in [-0.05, 0) is 54.7 Å². The van der Waals surface area contributed by atoms with Crippen molar-refractivity contribution < 1.29 is 31.1 Å². The standard InChI is InChI=1S/C22H20F3NO5S/c23-22(24,25)19-13-21(28)31-20-6-3-15(12-18(19)20)11-14-1-4-17(5-2-14)32(29,30)26-9-7-16(27)8-10-26/h1-6,12-13,16,27H,7-11H2. The van der Waals surface area contributed by atoms with Crippen LogP contribution in [0.5, 0.6) is 0 Å². The van der Waals surface area contributed by atoms with Crippen molar-refractivity contribution in [2.75, 3.05) is 13.1 Å². The van der Waals surface area contributed by atoms with Crippen molar-refractivity contribution in [2.45, 2.75) is 36.4 Å². The van der Waals surface area contributed by atoms with Gasteiger partial charge in [0.1, 0.15) is 5.58 Å². The highest BCUT2D eigenvalue weighted by atomic mass is 32.2. The van der Waals surface area contributed by atoms with Crippen LogP contribution in [0.2, 0.25) is 0 Å². The molecule has 6 nitrogen and oxygen atoms in total. The van der Waals surface area contributed by atoms with Crippen LogP contribution < -0.4 is 5.63 Å². The normalized spacial score (nSPS) is 16.5. The SMILES string of the molecule is O=c1cc(C(F)(F)F)c2cc(Cc3ccc(S(=O)(=O)N4CCC(O)CC4)cc3)ccc2o1.